The second-order valence-corrected chi connectivity index (χ2v) is 5.48. The van der Waals surface area contributed by atoms with Crippen LogP contribution in [-0.2, 0) is 0 Å². The third-order valence-corrected chi connectivity index (χ3v) is 4.02. The van der Waals surface area contributed by atoms with Crippen molar-refractivity contribution < 1.29 is 0 Å². The fourth-order valence-corrected chi connectivity index (χ4v) is 2.96. The van der Waals surface area contributed by atoms with Crippen LogP contribution >= 0.6 is 0 Å². The van der Waals surface area contributed by atoms with Gasteiger partial charge in [0.1, 0.15) is 0 Å². The number of benzene rings is 1. The Kier molecular flexibility index (Phi) is 3.84. The second-order valence-electron chi connectivity index (χ2n) is 5.48. The lowest BCUT2D eigenvalue weighted by atomic mass is 10.1. The number of allylic oxidation sites excluding steroid dienone is 4. The standard InChI is InChI=1S/C19H20/c1-2-7-16(8-3-1)13-14-18-11-6-12-19(18)15-17-9-4-5-10-17/h1-3,7-8,15H,4-6,9-12H2. The molecule has 0 saturated heterocycles. The van der Waals surface area contributed by atoms with E-state index in [9.17, 15) is 0 Å². The number of rotatable bonds is 1. The van der Waals surface area contributed by atoms with Crippen molar-refractivity contribution in [3.8, 4) is 11.8 Å². The van der Waals surface area contributed by atoms with Gasteiger partial charge in [-0.3, -0.25) is 0 Å². The number of hydrogen-bond donors (Lipinski definition) is 0. The van der Waals surface area contributed by atoms with Crippen molar-refractivity contribution in [1.82, 2.24) is 0 Å². The van der Waals surface area contributed by atoms with Gasteiger partial charge in [-0.2, -0.15) is 0 Å². The van der Waals surface area contributed by atoms with Crippen molar-refractivity contribution in [3.05, 3.63) is 58.7 Å². The van der Waals surface area contributed by atoms with Crippen molar-refractivity contribution in [2.75, 3.05) is 0 Å². The average Bonchev–Trinajstić information content (AvgIpc) is 3.10. The minimum atomic E-state index is 1.12. The predicted molar refractivity (Wildman–Crippen MR) is 80.7 cm³/mol. The Bertz CT molecular complexity index is 553. The lowest BCUT2D eigenvalue weighted by Gasteiger charge is -1.99. The van der Waals surface area contributed by atoms with Crippen LogP contribution in [0.4, 0.5) is 0 Å². The van der Waals surface area contributed by atoms with E-state index in [4.69, 9.17) is 0 Å². The molecule has 1 fully saturated rings. The van der Waals surface area contributed by atoms with Gasteiger partial charge in [-0.1, -0.05) is 41.7 Å². The highest BCUT2D eigenvalue weighted by atomic mass is 14.2. The van der Waals surface area contributed by atoms with Crippen LogP contribution in [0.2, 0.25) is 0 Å². The first-order valence-corrected chi connectivity index (χ1v) is 7.40. The predicted octanol–water partition coefficient (Wildman–Crippen LogP) is 5.02. The first kappa shape index (κ1) is 12.3. The summed E-state index contributed by atoms with van der Waals surface area (Å²) in [5.41, 5.74) is 5.66. The lowest BCUT2D eigenvalue weighted by Crippen LogP contribution is -1.81. The normalized spacial score (nSPS) is 18.4. The molecule has 96 valence electrons. The molecule has 0 aliphatic heterocycles. The zero-order valence-electron chi connectivity index (χ0n) is 11.4. The quantitative estimate of drug-likeness (QED) is 0.612. The van der Waals surface area contributed by atoms with Crippen LogP contribution in [-0.4, -0.2) is 0 Å². The Balaban J connectivity index is 1.82. The van der Waals surface area contributed by atoms with E-state index in [1.807, 2.05) is 6.07 Å². The van der Waals surface area contributed by atoms with E-state index in [0.717, 1.165) is 5.56 Å². The van der Waals surface area contributed by atoms with E-state index in [1.165, 1.54) is 56.1 Å². The molecule has 0 spiro atoms. The summed E-state index contributed by atoms with van der Waals surface area (Å²) >= 11 is 0. The van der Waals surface area contributed by atoms with Crippen molar-refractivity contribution >= 4 is 0 Å². The van der Waals surface area contributed by atoms with Gasteiger partial charge in [0.25, 0.3) is 0 Å². The van der Waals surface area contributed by atoms with Crippen molar-refractivity contribution in [3.63, 3.8) is 0 Å². The van der Waals surface area contributed by atoms with Gasteiger partial charge >= 0.3 is 0 Å². The van der Waals surface area contributed by atoms with E-state index in [-0.39, 0.29) is 0 Å². The van der Waals surface area contributed by atoms with Gasteiger partial charge in [0.2, 0.25) is 0 Å². The van der Waals surface area contributed by atoms with E-state index < -0.39 is 0 Å². The maximum absolute atomic E-state index is 3.41. The summed E-state index contributed by atoms with van der Waals surface area (Å²) in [5.74, 6) is 6.71. The summed E-state index contributed by atoms with van der Waals surface area (Å²) in [6.45, 7) is 0. The maximum atomic E-state index is 3.41. The highest BCUT2D eigenvalue weighted by molar-refractivity contribution is 5.47. The zero-order valence-corrected chi connectivity index (χ0v) is 11.4. The van der Waals surface area contributed by atoms with E-state index in [1.54, 1.807) is 5.57 Å². The van der Waals surface area contributed by atoms with Crippen LogP contribution in [0.3, 0.4) is 0 Å². The fraction of sp³-hybridized carbons (Fsp3) is 0.368. The third-order valence-electron chi connectivity index (χ3n) is 4.02. The Hall–Kier alpha value is -1.74. The SMILES string of the molecule is C(#Cc1ccccc1)C1=C(C=C2CCCC2)CCC1. The van der Waals surface area contributed by atoms with Crippen molar-refractivity contribution in [2.45, 2.75) is 44.9 Å². The minimum Gasteiger partial charge on any atom is -0.0699 e. The third kappa shape index (κ3) is 3.18. The molecule has 1 aromatic rings. The molecule has 0 N–H and O–H groups in total. The van der Waals surface area contributed by atoms with Gasteiger partial charge in [0.15, 0.2) is 0 Å². The maximum Gasteiger partial charge on any atom is 0.0248 e. The summed E-state index contributed by atoms with van der Waals surface area (Å²) in [6.07, 6.45) is 11.5. The Morgan fingerprint density at radius 2 is 1.58 bits per heavy atom. The largest absolute Gasteiger partial charge is 0.0699 e. The van der Waals surface area contributed by atoms with Gasteiger partial charge < -0.3 is 0 Å². The monoisotopic (exact) mass is 248 g/mol. The van der Waals surface area contributed by atoms with Crippen LogP contribution in [0.15, 0.2) is 53.1 Å². The van der Waals surface area contributed by atoms with Crippen molar-refractivity contribution in [2.24, 2.45) is 0 Å². The van der Waals surface area contributed by atoms with Crippen LogP contribution in [0.25, 0.3) is 0 Å². The van der Waals surface area contributed by atoms with E-state index in [0.29, 0.717) is 0 Å². The van der Waals surface area contributed by atoms with Gasteiger partial charge in [-0.25, -0.2) is 0 Å². The van der Waals surface area contributed by atoms with Gasteiger partial charge in [-0.15, -0.1) is 0 Å². The van der Waals surface area contributed by atoms with Crippen LogP contribution < -0.4 is 0 Å². The molecule has 0 aromatic heterocycles. The Morgan fingerprint density at radius 3 is 2.37 bits per heavy atom. The molecular weight excluding hydrogens is 228 g/mol. The molecule has 0 radical (unpaired) electrons. The molecule has 19 heavy (non-hydrogen) atoms. The van der Waals surface area contributed by atoms with Crippen LogP contribution in [0.1, 0.15) is 50.5 Å². The average molecular weight is 248 g/mol. The molecule has 0 heteroatoms. The van der Waals surface area contributed by atoms with Gasteiger partial charge in [-0.05, 0) is 62.7 Å². The molecule has 0 nitrogen and oxygen atoms in total. The number of hydrogen-bond acceptors (Lipinski definition) is 0. The molecule has 0 heterocycles. The Labute approximate surface area is 116 Å². The zero-order chi connectivity index (χ0) is 12.9. The summed E-state index contributed by atoms with van der Waals surface area (Å²) in [5, 5.41) is 0. The second kappa shape index (κ2) is 5.93. The molecule has 2 aliphatic carbocycles. The summed E-state index contributed by atoms with van der Waals surface area (Å²) in [6, 6.07) is 10.3. The highest BCUT2D eigenvalue weighted by Crippen LogP contribution is 2.31. The van der Waals surface area contributed by atoms with E-state index >= 15 is 0 Å². The van der Waals surface area contributed by atoms with Gasteiger partial charge in [0, 0.05) is 11.1 Å². The molecule has 1 aromatic carbocycles. The fourth-order valence-electron chi connectivity index (χ4n) is 2.96. The van der Waals surface area contributed by atoms with E-state index in [2.05, 4.69) is 42.2 Å². The van der Waals surface area contributed by atoms with Gasteiger partial charge in [0.05, 0.1) is 0 Å². The topological polar surface area (TPSA) is 0 Å². The summed E-state index contributed by atoms with van der Waals surface area (Å²) in [7, 11) is 0. The molecular formula is C19H20. The molecule has 2 aliphatic rings. The highest BCUT2D eigenvalue weighted by Gasteiger charge is 2.13. The molecule has 0 amide bonds. The molecule has 0 unspecified atom stereocenters. The first-order valence-electron chi connectivity index (χ1n) is 7.40. The Morgan fingerprint density at radius 1 is 0.789 bits per heavy atom. The summed E-state index contributed by atoms with van der Waals surface area (Å²) < 4.78 is 0. The van der Waals surface area contributed by atoms with Crippen LogP contribution in [0, 0.1) is 11.8 Å². The molecule has 0 atom stereocenters. The first-order chi connectivity index (χ1) is 9.42. The summed E-state index contributed by atoms with van der Waals surface area (Å²) in [4.78, 5) is 0. The van der Waals surface area contributed by atoms with Crippen molar-refractivity contribution in [1.29, 1.82) is 0 Å². The molecule has 1 saturated carbocycles. The lowest BCUT2D eigenvalue weighted by molar-refractivity contribution is 0.886. The molecule has 3 rings (SSSR count). The minimum absolute atomic E-state index is 1.12. The smallest absolute Gasteiger partial charge is 0.0248 e. The molecule has 0 bridgehead atoms. The van der Waals surface area contributed by atoms with Crippen LogP contribution in [0.5, 0.6) is 0 Å².